The van der Waals surface area contributed by atoms with Gasteiger partial charge in [0.2, 0.25) is 17.7 Å². The number of hydrogen-bond donors (Lipinski definition) is 2. The van der Waals surface area contributed by atoms with Gasteiger partial charge in [0.1, 0.15) is 12.3 Å². The van der Waals surface area contributed by atoms with E-state index < -0.39 is 23.8 Å². The molecule has 37 heavy (non-hydrogen) atoms. The first-order valence-corrected chi connectivity index (χ1v) is 13.0. The molecule has 1 aromatic carbocycles. The SMILES string of the molecule is CC(C)C.CN(CC(=O)N1CC(C(=O)Nc2ccccc2)CC1C#N)C(=O)CC=O.CNC1CCCC1. The van der Waals surface area contributed by atoms with E-state index >= 15 is 0 Å². The van der Waals surface area contributed by atoms with Crippen molar-refractivity contribution in [3.63, 3.8) is 0 Å². The highest BCUT2D eigenvalue weighted by Gasteiger charge is 2.39. The molecule has 1 aromatic rings. The van der Waals surface area contributed by atoms with Gasteiger partial charge < -0.3 is 25.2 Å². The molecular formula is C28H43N5O4. The zero-order valence-corrected chi connectivity index (χ0v) is 22.9. The number of nitrogens with one attached hydrogen (secondary N) is 2. The minimum absolute atomic E-state index is 0.117. The minimum Gasteiger partial charge on any atom is -0.336 e. The maximum atomic E-state index is 12.4. The van der Waals surface area contributed by atoms with Gasteiger partial charge >= 0.3 is 0 Å². The summed E-state index contributed by atoms with van der Waals surface area (Å²) in [5.41, 5.74) is 0.648. The van der Waals surface area contributed by atoms with Gasteiger partial charge in [-0.15, -0.1) is 0 Å². The van der Waals surface area contributed by atoms with Crippen LogP contribution in [0.2, 0.25) is 0 Å². The van der Waals surface area contributed by atoms with Crippen molar-refractivity contribution in [2.75, 3.05) is 32.5 Å². The molecule has 204 valence electrons. The van der Waals surface area contributed by atoms with Crippen LogP contribution in [0.3, 0.4) is 0 Å². The Kier molecular flexibility index (Phi) is 14.8. The van der Waals surface area contributed by atoms with Gasteiger partial charge in [-0.05, 0) is 44.4 Å². The van der Waals surface area contributed by atoms with Crippen LogP contribution in [0.4, 0.5) is 5.69 Å². The predicted molar refractivity (Wildman–Crippen MR) is 144 cm³/mol. The van der Waals surface area contributed by atoms with Crippen LogP contribution in [0.1, 0.15) is 59.3 Å². The van der Waals surface area contributed by atoms with Gasteiger partial charge in [-0.3, -0.25) is 14.4 Å². The van der Waals surface area contributed by atoms with Crippen molar-refractivity contribution in [1.29, 1.82) is 5.26 Å². The number of carbonyl (C=O) groups is 4. The van der Waals surface area contributed by atoms with Crippen molar-refractivity contribution in [2.24, 2.45) is 11.8 Å². The van der Waals surface area contributed by atoms with Crippen LogP contribution < -0.4 is 10.6 Å². The molecule has 0 spiro atoms. The third-order valence-corrected chi connectivity index (χ3v) is 6.00. The minimum atomic E-state index is -0.719. The van der Waals surface area contributed by atoms with Crippen LogP contribution in [0.5, 0.6) is 0 Å². The van der Waals surface area contributed by atoms with Crippen molar-refractivity contribution >= 4 is 29.7 Å². The first-order valence-electron chi connectivity index (χ1n) is 13.0. The van der Waals surface area contributed by atoms with E-state index in [4.69, 9.17) is 0 Å². The Morgan fingerprint density at radius 2 is 1.76 bits per heavy atom. The summed E-state index contributed by atoms with van der Waals surface area (Å²) in [4.78, 5) is 49.3. The number of rotatable bonds is 7. The molecule has 1 aliphatic carbocycles. The van der Waals surface area contributed by atoms with Crippen molar-refractivity contribution in [1.82, 2.24) is 15.1 Å². The van der Waals surface area contributed by atoms with E-state index in [1.54, 1.807) is 24.3 Å². The Bertz CT molecular complexity index is 891. The fourth-order valence-corrected chi connectivity index (χ4v) is 4.01. The summed E-state index contributed by atoms with van der Waals surface area (Å²) in [6, 6.07) is 11.1. The van der Waals surface area contributed by atoms with E-state index in [2.05, 4.69) is 38.5 Å². The number of benzene rings is 1. The number of carbonyl (C=O) groups excluding carboxylic acids is 4. The summed E-state index contributed by atoms with van der Waals surface area (Å²) < 4.78 is 0. The molecule has 1 saturated heterocycles. The van der Waals surface area contributed by atoms with Gasteiger partial charge in [0.05, 0.1) is 25.0 Å². The Morgan fingerprint density at radius 3 is 2.24 bits per heavy atom. The smallest absolute Gasteiger partial charge is 0.243 e. The maximum absolute atomic E-state index is 12.4. The zero-order chi connectivity index (χ0) is 27.8. The zero-order valence-electron chi connectivity index (χ0n) is 22.9. The summed E-state index contributed by atoms with van der Waals surface area (Å²) in [5.74, 6) is -0.815. The second-order valence-electron chi connectivity index (χ2n) is 10.1. The molecule has 1 heterocycles. The van der Waals surface area contributed by atoms with E-state index in [1.165, 1.54) is 37.6 Å². The highest BCUT2D eigenvalue weighted by atomic mass is 16.2. The third-order valence-electron chi connectivity index (χ3n) is 6.00. The van der Waals surface area contributed by atoms with Crippen LogP contribution >= 0.6 is 0 Å². The molecule has 9 heteroatoms. The van der Waals surface area contributed by atoms with E-state index in [-0.39, 0.29) is 31.8 Å². The second kappa shape index (κ2) is 17.2. The largest absolute Gasteiger partial charge is 0.336 e. The number of anilines is 1. The Labute approximate surface area is 221 Å². The molecule has 1 aliphatic heterocycles. The second-order valence-corrected chi connectivity index (χ2v) is 10.1. The number of amides is 3. The average molecular weight is 514 g/mol. The molecule has 2 N–H and O–H groups in total. The predicted octanol–water partition coefficient (Wildman–Crippen LogP) is 3.22. The van der Waals surface area contributed by atoms with Gasteiger partial charge in [0.15, 0.2) is 0 Å². The molecule has 2 atom stereocenters. The number of likely N-dealkylation sites (N-methyl/N-ethyl adjacent to an activating group) is 1. The lowest BCUT2D eigenvalue weighted by Gasteiger charge is -2.23. The molecule has 0 aromatic heterocycles. The molecule has 0 radical (unpaired) electrons. The number of nitrogens with zero attached hydrogens (tertiary/aromatic N) is 3. The van der Waals surface area contributed by atoms with Crippen molar-refractivity contribution in [3.8, 4) is 6.07 Å². The number of aldehydes is 1. The molecule has 9 nitrogen and oxygen atoms in total. The number of para-hydroxylation sites is 1. The molecule has 1 saturated carbocycles. The summed E-state index contributed by atoms with van der Waals surface area (Å²) in [7, 11) is 3.47. The van der Waals surface area contributed by atoms with Gasteiger partial charge in [-0.25, -0.2) is 0 Å². The van der Waals surface area contributed by atoms with Gasteiger partial charge in [0.25, 0.3) is 0 Å². The van der Waals surface area contributed by atoms with Gasteiger partial charge in [-0.2, -0.15) is 5.26 Å². The lowest BCUT2D eigenvalue weighted by atomic mass is 10.1. The van der Waals surface area contributed by atoms with Crippen LogP contribution in [0.15, 0.2) is 30.3 Å². The Hall–Kier alpha value is -3.25. The van der Waals surface area contributed by atoms with Gasteiger partial charge in [-0.1, -0.05) is 51.8 Å². The van der Waals surface area contributed by atoms with E-state index in [0.29, 0.717) is 12.0 Å². The molecule has 3 rings (SSSR count). The monoisotopic (exact) mass is 513 g/mol. The third kappa shape index (κ3) is 12.0. The molecule has 0 bridgehead atoms. The Balaban J connectivity index is 0.000000514. The first-order chi connectivity index (χ1) is 17.6. The standard InChI is InChI=1S/C18H20N4O4.C6H13N.C4H10/c1-21(16(24)7-8-23)12-17(25)22-11-13(9-15(22)10-19)18(26)20-14-5-3-2-4-6-14;1-7-6-4-2-3-5-6;1-4(2)3/h2-6,8,13,15H,7,9,11-12H2,1H3,(H,20,26);6-7H,2-5H2,1H3;4H,1-3H3. The number of likely N-dealkylation sites (tertiary alicyclic amines) is 1. The first kappa shape index (κ1) is 31.8. The lowest BCUT2D eigenvalue weighted by Crippen LogP contribution is -2.43. The summed E-state index contributed by atoms with van der Waals surface area (Å²) >= 11 is 0. The maximum Gasteiger partial charge on any atom is 0.243 e. The van der Waals surface area contributed by atoms with E-state index in [9.17, 15) is 24.4 Å². The molecule has 3 amide bonds. The fraction of sp³-hybridized carbons (Fsp3) is 0.607. The molecule has 2 aliphatic rings. The highest BCUT2D eigenvalue weighted by molar-refractivity contribution is 5.94. The average Bonchev–Trinajstić information content (AvgIpc) is 3.55. The highest BCUT2D eigenvalue weighted by Crippen LogP contribution is 2.24. The van der Waals surface area contributed by atoms with Crippen LogP contribution in [-0.2, 0) is 19.2 Å². The molecular weight excluding hydrogens is 470 g/mol. The summed E-state index contributed by atoms with van der Waals surface area (Å²) in [6.07, 6.45) is 6.09. The normalized spacial score (nSPS) is 18.6. The number of nitriles is 1. The summed E-state index contributed by atoms with van der Waals surface area (Å²) in [5, 5.41) is 15.3. The fourth-order valence-electron chi connectivity index (χ4n) is 4.01. The molecule has 2 fully saturated rings. The van der Waals surface area contributed by atoms with E-state index in [0.717, 1.165) is 16.9 Å². The van der Waals surface area contributed by atoms with Crippen molar-refractivity contribution < 1.29 is 19.2 Å². The lowest BCUT2D eigenvalue weighted by molar-refractivity contribution is -0.140. The van der Waals surface area contributed by atoms with E-state index in [1.807, 2.05) is 12.1 Å². The van der Waals surface area contributed by atoms with Crippen molar-refractivity contribution in [2.45, 2.75) is 71.4 Å². The van der Waals surface area contributed by atoms with Crippen LogP contribution in [0.25, 0.3) is 0 Å². The topological polar surface area (TPSA) is 123 Å². The Morgan fingerprint density at radius 1 is 1.16 bits per heavy atom. The quantitative estimate of drug-likeness (QED) is 0.426. The van der Waals surface area contributed by atoms with Gasteiger partial charge in [0, 0.05) is 25.3 Å². The molecule has 2 unspecified atom stereocenters. The number of hydrogen-bond acceptors (Lipinski definition) is 6. The van der Waals surface area contributed by atoms with Crippen LogP contribution in [0, 0.1) is 23.2 Å². The summed E-state index contributed by atoms with van der Waals surface area (Å²) in [6.45, 7) is 6.38. The van der Waals surface area contributed by atoms with Crippen LogP contribution in [-0.4, -0.2) is 73.1 Å². The van der Waals surface area contributed by atoms with Crippen molar-refractivity contribution in [3.05, 3.63) is 30.3 Å².